The Bertz CT molecular complexity index is 470. The number of allylic oxidation sites excluding steroid dienone is 1. The van der Waals surface area contributed by atoms with Crippen molar-refractivity contribution in [2.45, 2.75) is 77.4 Å². The van der Waals surface area contributed by atoms with Crippen molar-refractivity contribution >= 4 is 0 Å². The van der Waals surface area contributed by atoms with Gasteiger partial charge in [0, 0.05) is 0 Å². The van der Waals surface area contributed by atoms with Gasteiger partial charge in [0.1, 0.15) is 0 Å². The summed E-state index contributed by atoms with van der Waals surface area (Å²) in [5.41, 5.74) is 2.06. The third-order valence-electron chi connectivity index (χ3n) is 8.04. The largest absolute Gasteiger partial charge is 0.393 e. The maximum Gasteiger partial charge on any atom is 0.0724 e. The smallest absolute Gasteiger partial charge is 0.0724 e. The second-order valence-corrected chi connectivity index (χ2v) is 8.77. The SMILES string of the molecule is C[C@]12CC[C@@H]3[C@H](CCC4=C[C@@H](O)CC[C@@]43C)[C@H]1CC[C@@H]2O. The van der Waals surface area contributed by atoms with E-state index in [1.807, 2.05) is 0 Å². The minimum absolute atomic E-state index is 0.0682. The number of aliphatic hydroxyl groups is 2. The van der Waals surface area contributed by atoms with Gasteiger partial charge in [-0.2, -0.15) is 0 Å². The Hall–Kier alpha value is -0.340. The molecule has 3 saturated carbocycles. The molecular weight excluding hydrogens is 260 g/mol. The predicted molar refractivity (Wildman–Crippen MR) is 83.7 cm³/mol. The van der Waals surface area contributed by atoms with Crippen molar-refractivity contribution < 1.29 is 10.2 Å². The van der Waals surface area contributed by atoms with E-state index in [4.69, 9.17) is 0 Å². The van der Waals surface area contributed by atoms with Gasteiger partial charge in [0.25, 0.3) is 0 Å². The molecule has 4 aliphatic carbocycles. The number of fused-ring (bicyclic) bond motifs is 5. The van der Waals surface area contributed by atoms with Crippen LogP contribution in [0.4, 0.5) is 0 Å². The molecule has 0 aromatic rings. The van der Waals surface area contributed by atoms with E-state index in [0.29, 0.717) is 5.41 Å². The third kappa shape index (κ3) is 1.84. The number of aliphatic hydroxyl groups excluding tert-OH is 2. The van der Waals surface area contributed by atoms with E-state index in [1.54, 1.807) is 5.57 Å². The van der Waals surface area contributed by atoms with Crippen molar-refractivity contribution in [1.82, 2.24) is 0 Å². The molecule has 0 bridgehead atoms. The van der Waals surface area contributed by atoms with Gasteiger partial charge in [0.2, 0.25) is 0 Å². The summed E-state index contributed by atoms with van der Waals surface area (Å²) in [6.45, 7) is 4.82. The van der Waals surface area contributed by atoms with Crippen LogP contribution in [0.3, 0.4) is 0 Å². The molecule has 0 radical (unpaired) electrons. The fourth-order valence-electron chi connectivity index (χ4n) is 6.68. The zero-order chi connectivity index (χ0) is 14.8. The van der Waals surface area contributed by atoms with Crippen molar-refractivity contribution in [3.05, 3.63) is 11.6 Å². The normalized spacial score (nSPS) is 56.2. The molecule has 4 rings (SSSR count). The first-order valence-electron chi connectivity index (χ1n) is 9.02. The summed E-state index contributed by atoms with van der Waals surface area (Å²) in [5.74, 6) is 2.32. The summed E-state index contributed by atoms with van der Waals surface area (Å²) in [5, 5.41) is 20.4. The average molecular weight is 290 g/mol. The van der Waals surface area contributed by atoms with Crippen LogP contribution in [0, 0.1) is 28.6 Å². The maximum atomic E-state index is 10.5. The van der Waals surface area contributed by atoms with Crippen LogP contribution in [-0.2, 0) is 0 Å². The van der Waals surface area contributed by atoms with Crippen LogP contribution in [0.1, 0.15) is 65.2 Å². The van der Waals surface area contributed by atoms with Gasteiger partial charge in [0.05, 0.1) is 12.2 Å². The number of rotatable bonds is 0. The molecule has 2 nitrogen and oxygen atoms in total. The standard InChI is InChI=1S/C19H30O2/c1-18-9-7-13(20)11-12(18)3-4-14-15-5-6-17(21)19(15,2)10-8-16(14)18/h11,13-17,20-21H,3-10H2,1-2H3/t13-,14+,15+,16+,17-,18-,19-/m0/s1. The highest BCUT2D eigenvalue weighted by atomic mass is 16.3. The van der Waals surface area contributed by atoms with Crippen LogP contribution in [0.25, 0.3) is 0 Å². The quantitative estimate of drug-likeness (QED) is 0.668. The van der Waals surface area contributed by atoms with E-state index in [9.17, 15) is 10.2 Å². The van der Waals surface area contributed by atoms with Crippen molar-refractivity contribution in [3.8, 4) is 0 Å². The molecular formula is C19H30O2. The Morgan fingerprint density at radius 1 is 0.952 bits per heavy atom. The van der Waals surface area contributed by atoms with E-state index in [0.717, 1.165) is 37.0 Å². The van der Waals surface area contributed by atoms with Gasteiger partial charge < -0.3 is 10.2 Å². The lowest BCUT2D eigenvalue weighted by Gasteiger charge is -2.58. The minimum Gasteiger partial charge on any atom is -0.393 e. The summed E-state index contributed by atoms with van der Waals surface area (Å²) < 4.78 is 0. The summed E-state index contributed by atoms with van der Waals surface area (Å²) in [6.07, 6.45) is 11.2. The van der Waals surface area contributed by atoms with Gasteiger partial charge in [-0.3, -0.25) is 0 Å². The van der Waals surface area contributed by atoms with E-state index in [1.165, 1.54) is 32.1 Å². The second kappa shape index (κ2) is 4.58. The molecule has 0 spiro atoms. The molecule has 118 valence electrons. The van der Waals surface area contributed by atoms with Gasteiger partial charge >= 0.3 is 0 Å². The number of hydrogen-bond donors (Lipinski definition) is 2. The molecule has 0 unspecified atom stereocenters. The fourth-order valence-corrected chi connectivity index (χ4v) is 6.68. The lowest BCUT2D eigenvalue weighted by Crippen LogP contribution is -2.51. The Kier molecular flexibility index (Phi) is 3.11. The third-order valence-corrected chi connectivity index (χ3v) is 8.04. The molecule has 7 atom stereocenters. The first-order valence-corrected chi connectivity index (χ1v) is 9.02. The molecule has 0 aromatic carbocycles. The lowest BCUT2D eigenvalue weighted by molar-refractivity contribution is -0.0761. The summed E-state index contributed by atoms with van der Waals surface area (Å²) in [6, 6.07) is 0. The van der Waals surface area contributed by atoms with E-state index in [-0.39, 0.29) is 17.6 Å². The molecule has 21 heavy (non-hydrogen) atoms. The first-order chi connectivity index (χ1) is 9.95. The average Bonchev–Trinajstić information content (AvgIpc) is 2.76. The van der Waals surface area contributed by atoms with Gasteiger partial charge in [-0.15, -0.1) is 0 Å². The Balaban J connectivity index is 1.67. The fraction of sp³-hybridized carbons (Fsp3) is 0.895. The predicted octanol–water partition coefficient (Wildman–Crippen LogP) is 3.67. The van der Waals surface area contributed by atoms with Crippen molar-refractivity contribution in [1.29, 1.82) is 0 Å². The summed E-state index contributed by atoms with van der Waals surface area (Å²) in [4.78, 5) is 0. The van der Waals surface area contributed by atoms with Crippen molar-refractivity contribution in [2.24, 2.45) is 28.6 Å². The van der Waals surface area contributed by atoms with E-state index < -0.39 is 0 Å². The molecule has 2 N–H and O–H groups in total. The molecule has 0 heterocycles. The molecule has 4 aliphatic rings. The zero-order valence-electron chi connectivity index (χ0n) is 13.5. The highest BCUT2D eigenvalue weighted by molar-refractivity contribution is 5.25. The van der Waals surface area contributed by atoms with E-state index >= 15 is 0 Å². The first kappa shape index (κ1) is 14.3. The Morgan fingerprint density at radius 2 is 1.76 bits per heavy atom. The lowest BCUT2D eigenvalue weighted by atomic mass is 9.47. The van der Waals surface area contributed by atoms with Gasteiger partial charge in [-0.05, 0) is 80.0 Å². The van der Waals surface area contributed by atoms with Crippen LogP contribution in [0.15, 0.2) is 11.6 Å². The number of hydrogen-bond acceptors (Lipinski definition) is 2. The van der Waals surface area contributed by atoms with Gasteiger partial charge in [0.15, 0.2) is 0 Å². The van der Waals surface area contributed by atoms with Crippen LogP contribution in [0.2, 0.25) is 0 Å². The molecule has 2 heteroatoms. The summed E-state index contributed by atoms with van der Waals surface area (Å²) >= 11 is 0. The minimum atomic E-state index is -0.202. The highest BCUT2D eigenvalue weighted by Gasteiger charge is 2.58. The Labute approximate surface area is 128 Å². The van der Waals surface area contributed by atoms with E-state index in [2.05, 4.69) is 19.9 Å². The van der Waals surface area contributed by atoms with Crippen LogP contribution in [-0.4, -0.2) is 22.4 Å². The molecule has 0 aliphatic heterocycles. The van der Waals surface area contributed by atoms with Gasteiger partial charge in [-0.1, -0.05) is 25.5 Å². The Morgan fingerprint density at radius 3 is 2.57 bits per heavy atom. The topological polar surface area (TPSA) is 40.5 Å². The monoisotopic (exact) mass is 290 g/mol. The molecule has 3 fully saturated rings. The van der Waals surface area contributed by atoms with Crippen molar-refractivity contribution in [2.75, 3.05) is 0 Å². The van der Waals surface area contributed by atoms with Gasteiger partial charge in [-0.25, -0.2) is 0 Å². The molecule has 0 saturated heterocycles. The summed E-state index contributed by atoms with van der Waals surface area (Å²) in [7, 11) is 0. The molecule has 0 amide bonds. The van der Waals surface area contributed by atoms with Crippen molar-refractivity contribution in [3.63, 3.8) is 0 Å². The zero-order valence-corrected chi connectivity index (χ0v) is 13.5. The van der Waals surface area contributed by atoms with Crippen LogP contribution >= 0.6 is 0 Å². The van der Waals surface area contributed by atoms with Crippen LogP contribution in [0.5, 0.6) is 0 Å². The maximum absolute atomic E-state index is 10.5. The highest BCUT2D eigenvalue weighted by Crippen LogP contribution is 2.65. The van der Waals surface area contributed by atoms with Crippen LogP contribution < -0.4 is 0 Å². The second-order valence-electron chi connectivity index (χ2n) is 8.77. The molecule has 0 aromatic heterocycles.